The van der Waals surface area contributed by atoms with E-state index in [1.165, 1.54) is 14.9 Å². The lowest BCUT2D eigenvalue weighted by Crippen LogP contribution is -2.16. The zero-order valence-electron chi connectivity index (χ0n) is 9.90. The second kappa shape index (κ2) is 5.10. The van der Waals surface area contributed by atoms with Crippen LogP contribution in [0.1, 0.15) is 11.1 Å². The normalized spacial score (nSPS) is 10.5. The number of hydrogen-bond donors (Lipinski definition) is 1. The molecule has 4 heteroatoms. The van der Waals surface area contributed by atoms with E-state index in [0.29, 0.717) is 0 Å². The molecule has 0 aliphatic rings. The van der Waals surface area contributed by atoms with Gasteiger partial charge in [0.15, 0.2) is 0 Å². The summed E-state index contributed by atoms with van der Waals surface area (Å²) in [5.74, 6) is 0. The summed E-state index contributed by atoms with van der Waals surface area (Å²) in [5, 5.41) is 2.17. The fourth-order valence-electron chi connectivity index (χ4n) is 1.81. The maximum Gasteiger partial charge on any atom is 0.0701 e. The third kappa shape index (κ3) is 3.23. The molecule has 0 radical (unpaired) electrons. The molecule has 0 saturated heterocycles. The quantitative estimate of drug-likeness (QED) is 0.867. The Morgan fingerprint density at radius 2 is 2.06 bits per heavy atom. The van der Waals surface area contributed by atoms with Crippen molar-refractivity contribution in [3.8, 4) is 0 Å². The van der Waals surface area contributed by atoms with E-state index in [4.69, 9.17) is 5.73 Å². The second-order valence-electron chi connectivity index (χ2n) is 4.22. The molecule has 2 aromatic rings. The molecule has 1 aromatic carbocycles. The third-order valence-corrected chi connectivity index (χ3v) is 4.12. The van der Waals surface area contributed by atoms with Crippen LogP contribution < -0.4 is 10.6 Å². The molecule has 0 aliphatic carbocycles. The number of aryl methyl sites for hydroxylation is 1. The highest BCUT2D eigenvalue weighted by atomic mass is 79.9. The predicted molar refractivity (Wildman–Crippen MR) is 79.7 cm³/mol. The first-order chi connectivity index (χ1) is 8.04. The fourth-order valence-corrected chi connectivity index (χ4v) is 3.01. The molecule has 1 heterocycles. The molecule has 0 spiro atoms. The van der Waals surface area contributed by atoms with Crippen molar-refractivity contribution in [1.29, 1.82) is 0 Å². The van der Waals surface area contributed by atoms with Gasteiger partial charge in [-0.25, -0.2) is 0 Å². The number of halogens is 1. The Morgan fingerprint density at radius 1 is 1.29 bits per heavy atom. The van der Waals surface area contributed by atoms with Gasteiger partial charge in [-0.3, -0.25) is 0 Å². The Balaban J connectivity index is 2.16. The Kier molecular flexibility index (Phi) is 3.74. The first-order valence-electron chi connectivity index (χ1n) is 5.36. The van der Waals surface area contributed by atoms with E-state index in [0.717, 1.165) is 17.9 Å². The number of hydrogen-bond acceptors (Lipinski definition) is 3. The number of rotatable bonds is 3. The highest BCUT2D eigenvalue weighted by Crippen LogP contribution is 2.24. The van der Waals surface area contributed by atoms with Crippen molar-refractivity contribution in [2.24, 2.45) is 0 Å². The lowest BCUT2D eigenvalue weighted by atomic mass is 10.2. The number of nitrogen functional groups attached to an aromatic ring is 1. The molecule has 2 nitrogen and oxygen atoms in total. The van der Waals surface area contributed by atoms with Crippen molar-refractivity contribution >= 4 is 38.6 Å². The van der Waals surface area contributed by atoms with Crippen molar-refractivity contribution in [3.05, 3.63) is 44.6 Å². The summed E-state index contributed by atoms with van der Waals surface area (Å²) >= 11 is 5.19. The summed E-state index contributed by atoms with van der Waals surface area (Å²) in [4.78, 5) is 2.21. The van der Waals surface area contributed by atoms with Gasteiger partial charge in [0.2, 0.25) is 0 Å². The van der Waals surface area contributed by atoms with Gasteiger partial charge in [0.25, 0.3) is 0 Å². The lowest BCUT2D eigenvalue weighted by Gasteiger charge is -2.19. The number of thiophene rings is 1. The summed E-state index contributed by atoms with van der Waals surface area (Å²) in [7, 11) is 2.08. The zero-order valence-corrected chi connectivity index (χ0v) is 12.3. The molecule has 2 N–H and O–H groups in total. The average Bonchev–Trinajstić information content (AvgIpc) is 2.62. The van der Waals surface area contributed by atoms with Crippen LogP contribution in [0.25, 0.3) is 0 Å². The van der Waals surface area contributed by atoms with Gasteiger partial charge in [-0.15, -0.1) is 11.3 Å². The summed E-state index contributed by atoms with van der Waals surface area (Å²) in [6, 6.07) is 8.30. The van der Waals surface area contributed by atoms with Gasteiger partial charge < -0.3 is 10.6 Å². The maximum atomic E-state index is 5.86. The molecule has 0 aliphatic heterocycles. The zero-order chi connectivity index (χ0) is 12.4. The minimum atomic E-state index is 0.818. The van der Waals surface area contributed by atoms with E-state index in [2.05, 4.69) is 52.3 Å². The van der Waals surface area contributed by atoms with E-state index in [-0.39, 0.29) is 0 Å². The fraction of sp³-hybridized carbons (Fsp3) is 0.231. The molecule has 0 atom stereocenters. The van der Waals surface area contributed by atoms with Crippen LogP contribution in [0.3, 0.4) is 0 Å². The minimum absolute atomic E-state index is 0.818. The van der Waals surface area contributed by atoms with Gasteiger partial charge in [0, 0.05) is 25.0 Å². The average molecular weight is 311 g/mol. The Morgan fingerprint density at radius 3 is 2.65 bits per heavy atom. The molecule has 2 rings (SSSR count). The monoisotopic (exact) mass is 310 g/mol. The van der Waals surface area contributed by atoms with Crippen LogP contribution in [0.15, 0.2) is 33.4 Å². The Hall–Kier alpha value is -1.00. The summed E-state index contributed by atoms with van der Waals surface area (Å²) < 4.78 is 1.17. The summed E-state index contributed by atoms with van der Waals surface area (Å²) in [5.41, 5.74) is 10.3. The number of nitrogens with two attached hydrogens (primary N) is 1. The molecule has 90 valence electrons. The van der Waals surface area contributed by atoms with Gasteiger partial charge in [-0.05, 0) is 63.6 Å². The lowest BCUT2D eigenvalue weighted by molar-refractivity contribution is 0.926. The minimum Gasteiger partial charge on any atom is -0.399 e. The van der Waals surface area contributed by atoms with Gasteiger partial charge in [0.1, 0.15) is 0 Å². The van der Waals surface area contributed by atoms with E-state index >= 15 is 0 Å². The van der Waals surface area contributed by atoms with E-state index in [9.17, 15) is 0 Å². The van der Waals surface area contributed by atoms with Crippen molar-refractivity contribution < 1.29 is 0 Å². The molecule has 17 heavy (non-hydrogen) atoms. The Labute approximate surface area is 114 Å². The molecule has 1 aromatic heterocycles. The van der Waals surface area contributed by atoms with Gasteiger partial charge in [-0.2, -0.15) is 0 Å². The molecule has 0 unspecified atom stereocenters. The maximum absolute atomic E-state index is 5.86. The van der Waals surface area contributed by atoms with Crippen molar-refractivity contribution in [1.82, 2.24) is 0 Å². The van der Waals surface area contributed by atoms with E-state index in [1.807, 2.05) is 12.1 Å². The smallest absolute Gasteiger partial charge is 0.0701 e. The van der Waals surface area contributed by atoms with Crippen molar-refractivity contribution in [2.75, 3.05) is 17.7 Å². The molecule has 0 fully saturated rings. The van der Waals surface area contributed by atoms with E-state index < -0.39 is 0 Å². The van der Waals surface area contributed by atoms with Gasteiger partial charge >= 0.3 is 0 Å². The third-order valence-electron chi connectivity index (χ3n) is 2.57. The SMILES string of the molecule is Cc1cc(N)cc(N(C)Cc2csc(Br)c2)c1. The first kappa shape index (κ1) is 12.5. The van der Waals surface area contributed by atoms with E-state index in [1.54, 1.807) is 11.3 Å². The Bertz CT molecular complexity index is 502. The summed E-state index contributed by atoms with van der Waals surface area (Å²) in [6.45, 7) is 2.96. The molecule has 0 saturated carbocycles. The van der Waals surface area contributed by atoms with Crippen LogP contribution in [0.5, 0.6) is 0 Å². The van der Waals surface area contributed by atoms with Crippen molar-refractivity contribution in [2.45, 2.75) is 13.5 Å². The number of anilines is 2. The topological polar surface area (TPSA) is 29.3 Å². The highest BCUT2D eigenvalue weighted by molar-refractivity contribution is 9.11. The largest absolute Gasteiger partial charge is 0.399 e. The van der Waals surface area contributed by atoms with Crippen LogP contribution in [0.4, 0.5) is 11.4 Å². The summed E-state index contributed by atoms with van der Waals surface area (Å²) in [6.07, 6.45) is 0. The predicted octanol–water partition coefficient (Wildman–Crippen LogP) is 4.04. The van der Waals surface area contributed by atoms with Crippen LogP contribution in [0.2, 0.25) is 0 Å². The van der Waals surface area contributed by atoms with Crippen LogP contribution in [-0.4, -0.2) is 7.05 Å². The van der Waals surface area contributed by atoms with Gasteiger partial charge in [-0.1, -0.05) is 0 Å². The number of benzene rings is 1. The number of nitrogens with zero attached hydrogens (tertiary/aromatic N) is 1. The standard InChI is InChI=1S/C13H15BrN2S/c1-9-3-11(15)6-12(4-9)16(2)7-10-5-13(14)17-8-10/h3-6,8H,7,15H2,1-2H3. The first-order valence-corrected chi connectivity index (χ1v) is 7.03. The molecule has 0 amide bonds. The second-order valence-corrected chi connectivity index (χ2v) is 6.51. The van der Waals surface area contributed by atoms with Crippen molar-refractivity contribution in [3.63, 3.8) is 0 Å². The molecular weight excluding hydrogens is 296 g/mol. The van der Waals surface area contributed by atoms with Crippen LogP contribution in [-0.2, 0) is 6.54 Å². The van der Waals surface area contributed by atoms with Crippen LogP contribution >= 0.6 is 27.3 Å². The molecular formula is C13H15BrN2S. The highest BCUT2D eigenvalue weighted by Gasteiger charge is 2.05. The molecule has 0 bridgehead atoms. The van der Waals surface area contributed by atoms with Gasteiger partial charge in [0.05, 0.1) is 3.79 Å². The van der Waals surface area contributed by atoms with Crippen LogP contribution in [0, 0.1) is 6.92 Å².